The first-order valence-corrected chi connectivity index (χ1v) is 13.1. The molecule has 0 atom stereocenters. The second kappa shape index (κ2) is 11.8. The Bertz CT molecular complexity index is 1000. The summed E-state index contributed by atoms with van der Waals surface area (Å²) in [6.07, 6.45) is 2.39. The number of nitrogens with zero attached hydrogens (tertiary/aromatic N) is 1. The fraction of sp³-hybridized carbons (Fsp3) is 0.567. The first-order valence-electron chi connectivity index (χ1n) is 13.1. The predicted octanol–water partition coefficient (Wildman–Crippen LogP) is 8.21. The summed E-state index contributed by atoms with van der Waals surface area (Å²) in [6.45, 7) is 10.8. The minimum Gasteiger partial charge on any atom is -0.481 e. The van der Waals surface area contributed by atoms with Crippen molar-refractivity contribution in [2.75, 3.05) is 6.54 Å². The second-order valence-corrected chi connectivity index (χ2v) is 11.3. The number of alkyl halides is 3. The highest BCUT2D eigenvalue weighted by Crippen LogP contribution is 2.40. The fourth-order valence-corrected chi connectivity index (χ4v) is 5.43. The molecule has 36 heavy (non-hydrogen) atoms. The Kier molecular flexibility index (Phi) is 9.26. The van der Waals surface area contributed by atoms with Gasteiger partial charge in [-0.2, -0.15) is 13.2 Å². The molecule has 0 saturated heterocycles. The van der Waals surface area contributed by atoms with E-state index in [-0.39, 0.29) is 6.42 Å². The van der Waals surface area contributed by atoms with Crippen molar-refractivity contribution >= 4 is 5.97 Å². The molecular formula is C30H40F3NO2. The van der Waals surface area contributed by atoms with Gasteiger partial charge < -0.3 is 5.11 Å². The number of hydrogen-bond acceptors (Lipinski definition) is 2. The summed E-state index contributed by atoms with van der Waals surface area (Å²) < 4.78 is 39.4. The van der Waals surface area contributed by atoms with Crippen LogP contribution in [-0.2, 0) is 23.9 Å². The number of hydrogen-bond donors (Lipinski definition) is 1. The highest BCUT2D eigenvalue weighted by Gasteiger charge is 2.32. The molecule has 0 radical (unpaired) electrons. The van der Waals surface area contributed by atoms with Crippen LogP contribution in [0.15, 0.2) is 42.5 Å². The van der Waals surface area contributed by atoms with Gasteiger partial charge in [-0.15, -0.1) is 0 Å². The first kappa shape index (κ1) is 28.2. The number of benzene rings is 2. The molecule has 1 fully saturated rings. The van der Waals surface area contributed by atoms with Crippen LogP contribution in [0, 0.1) is 11.3 Å². The molecule has 1 aliphatic rings. The molecule has 0 unspecified atom stereocenters. The normalized spacial score (nSPS) is 19.0. The van der Waals surface area contributed by atoms with Gasteiger partial charge in [0, 0.05) is 12.6 Å². The van der Waals surface area contributed by atoms with E-state index in [2.05, 4.69) is 32.6 Å². The minimum atomic E-state index is -4.39. The number of halogens is 3. The summed E-state index contributed by atoms with van der Waals surface area (Å²) in [7, 11) is 0. The van der Waals surface area contributed by atoms with Crippen LogP contribution in [0.2, 0.25) is 0 Å². The van der Waals surface area contributed by atoms with Crippen LogP contribution >= 0.6 is 0 Å². The maximum absolute atomic E-state index is 13.1. The maximum atomic E-state index is 13.1. The van der Waals surface area contributed by atoms with Crippen molar-refractivity contribution in [2.24, 2.45) is 11.3 Å². The van der Waals surface area contributed by atoms with Crippen molar-refractivity contribution in [1.82, 2.24) is 4.90 Å². The van der Waals surface area contributed by atoms with Gasteiger partial charge in [-0.1, -0.05) is 64.4 Å². The van der Waals surface area contributed by atoms with Gasteiger partial charge in [-0.3, -0.25) is 9.69 Å². The summed E-state index contributed by atoms with van der Waals surface area (Å²) in [5, 5.41) is 9.28. The monoisotopic (exact) mass is 503 g/mol. The lowest BCUT2D eigenvalue weighted by Gasteiger charge is -2.41. The van der Waals surface area contributed by atoms with Crippen LogP contribution < -0.4 is 0 Å². The van der Waals surface area contributed by atoms with Crippen LogP contribution in [0.3, 0.4) is 0 Å². The number of aliphatic carboxylic acids is 1. The lowest BCUT2D eigenvalue weighted by molar-refractivity contribution is -0.138. The Hall–Kier alpha value is -2.34. The zero-order valence-corrected chi connectivity index (χ0v) is 22.0. The molecule has 3 nitrogen and oxygen atoms in total. The molecule has 1 aliphatic carbocycles. The van der Waals surface area contributed by atoms with Crippen molar-refractivity contribution in [3.63, 3.8) is 0 Å². The summed E-state index contributed by atoms with van der Waals surface area (Å²) in [5.41, 5.74) is 2.79. The van der Waals surface area contributed by atoms with E-state index in [0.717, 1.165) is 61.4 Å². The van der Waals surface area contributed by atoms with Gasteiger partial charge >= 0.3 is 12.1 Å². The van der Waals surface area contributed by atoms with Gasteiger partial charge in [0.05, 0.1) is 12.0 Å². The molecule has 0 spiro atoms. The summed E-state index contributed by atoms with van der Waals surface area (Å²) in [4.78, 5) is 13.9. The van der Waals surface area contributed by atoms with E-state index in [9.17, 15) is 23.1 Å². The van der Waals surface area contributed by atoms with E-state index in [1.807, 2.05) is 18.2 Å². The van der Waals surface area contributed by atoms with Crippen LogP contribution in [0.5, 0.6) is 0 Å². The smallest absolute Gasteiger partial charge is 0.416 e. The molecule has 198 valence electrons. The predicted molar refractivity (Wildman–Crippen MR) is 139 cm³/mol. The lowest BCUT2D eigenvalue weighted by atomic mass is 9.71. The van der Waals surface area contributed by atoms with E-state index in [1.165, 1.54) is 25.0 Å². The molecule has 1 saturated carbocycles. The standard InChI is InChI=1S/C30H40F3NO2/c1-5-6-17-34(26-15-13-24(14-16-26)29(2,3)4)20-23-8-7-21(19-28(35)36)18-27(23)22-9-11-25(12-10-22)30(31,32)33/h7-12,18,24,26H,5-6,13-17,19-20H2,1-4H3,(H,35,36)/t24-,26-. The topological polar surface area (TPSA) is 40.5 Å². The van der Waals surface area contributed by atoms with E-state index in [0.29, 0.717) is 29.1 Å². The third-order valence-corrected chi connectivity index (χ3v) is 7.66. The van der Waals surface area contributed by atoms with Crippen molar-refractivity contribution in [3.05, 3.63) is 59.2 Å². The summed E-state index contributed by atoms with van der Waals surface area (Å²) >= 11 is 0. The molecule has 0 aliphatic heterocycles. The SMILES string of the molecule is CCCCN(Cc1ccc(CC(=O)O)cc1-c1ccc(C(F)(F)F)cc1)[C@H]1CC[C@H](C(C)(C)C)CC1. The molecule has 2 aromatic rings. The first-order chi connectivity index (χ1) is 16.9. The van der Waals surface area contributed by atoms with Gasteiger partial charge in [0.1, 0.15) is 0 Å². The second-order valence-electron chi connectivity index (χ2n) is 11.3. The van der Waals surface area contributed by atoms with E-state index < -0.39 is 17.7 Å². The van der Waals surface area contributed by atoms with E-state index in [4.69, 9.17) is 0 Å². The molecule has 0 heterocycles. The van der Waals surface area contributed by atoms with Gasteiger partial charge in [-0.05, 0) is 84.4 Å². The Morgan fingerprint density at radius 2 is 1.64 bits per heavy atom. The Morgan fingerprint density at radius 3 is 2.17 bits per heavy atom. The number of unbranched alkanes of at least 4 members (excludes halogenated alkanes) is 1. The number of carboxylic acids is 1. The zero-order chi connectivity index (χ0) is 26.5. The van der Waals surface area contributed by atoms with Crippen LogP contribution in [0.25, 0.3) is 11.1 Å². The number of carboxylic acid groups (broad SMARTS) is 1. The Morgan fingerprint density at radius 1 is 1.00 bits per heavy atom. The van der Waals surface area contributed by atoms with Crippen LogP contribution in [0.4, 0.5) is 13.2 Å². The molecule has 0 amide bonds. The minimum absolute atomic E-state index is 0.121. The lowest BCUT2D eigenvalue weighted by Crippen LogP contribution is -2.40. The molecule has 1 N–H and O–H groups in total. The Balaban J connectivity index is 1.91. The number of rotatable bonds is 9. The van der Waals surface area contributed by atoms with Gasteiger partial charge in [0.2, 0.25) is 0 Å². The molecule has 0 aromatic heterocycles. The average Bonchev–Trinajstić information content (AvgIpc) is 2.81. The van der Waals surface area contributed by atoms with Crippen LogP contribution in [-0.4, -0.2) is 28.6 Å². The molecule has 6 heteroatoms. The summed E-state index contributed by atoms with van der Waals surface area (Å²) in [5.74, 6) is -0.207. The van der Waals surface area contributed by atoms with Crippen molar-refractivity contribution in [3.8, 4) is 11.1 Å². The fourth-order valence-electron chi connectivity index (χ4n) is 5.43. The van der Waals surface area contributed by atoms with Crippen LogP contribution in [0.1, 0.15) is 82.9 Å². The third kappa shape index (κ3) is 7.58. The Labute approximate surface area is 213 Å². The quantitative estimate of drug-likeness (QED) is 0.375. The molecule has 2 aromatic carbocycles. The third-order valence-electron chi connectivity index (χ3n) is 7.66. The molecule has 3 rings (SSSR count). The van der Waals surface area contributed by atoms with Gasteiger partial charge in [-0.25, -0.2) is 0 Å². The molecular weight excluding hydrogens is 463 g/mol. The number of carbonyl (C=O) groups is 1. The van der Waals surface area contributed by atoms with Gasteiger partial charge in [0.25, 0.3) is 0 Å². The highest BCUT2D eigenvalue weighted by atomic mass is 19.4. The van der Waals surface area contributed by atoms with Crippen molar-refractivity contribution in [2.45, 2.75) is 91.4 Å². The average molecular weight is 504 g/mol. The summed E-state index contributed by atoms with van der Waals surface area (Å²) in [6, 6.07) is 11.3. The van der Waals surface area contributed by atoms with Gasteiger partial charge in [0.15, 0.2) is 0 Å². The van der Waals surface area contributed by atoms with Crippen molar-refractivity contribution in [1.29, 1.82) is 0 Å². The van der Waals surface area contributed by atoms with E-state index in [1.54, 1.807) is 0 Å². The van der Waals surface area contributed by atoms with Crippen molar-refractivity contribution < 1.29 is 23.1 Å². The molecule has 0 bridgehead atoms. The largest absolute Gasteiger partial charge is 0.481 e. The highest BCUT2D eigenvalue weighted by molar-refractivity contribution is 5.73. The van der Waals surface area contributed by atoms with E-state index >= 15 is 0 Å². The zero-order valence-electron chi connectivity index (χ0n) is 22.0. The maximum Gasteiger partial charge on any atom is 0.416 e.